The van der Waals surface area contributed by atoms with Gasteiger partial charge in [0.05, 0.1) is 23.8 Å². The maximum Gasteiger partial charge on any atom is 0.261 e. The van der Waals surface area contributed by atoms with Crippen LogP contribution in [0.4, 0.5) is 5.69 Å². The first-order chi connectivity index (χ1) is 12.4. The molecule has 0 aliphatic heterocycles. The smallest absolute Gasteiger partial charge is 0.261 e. The molecule has 1 saturated carbocycles. The van der Waals surface area contributed by atoms with E-state index in [1.165, 1.54) is 12.1 Å². The molecule has 0 radical (unpaired) electrons. The summed E-state index contributed by atoms with van der Waals surface area (Å²) in [6.07, 6.45) is 4.44. The normalized spacial score (nSPS) is 15.0. The van der Waals surface area contributed by atoms with Gasteiger partial charge in [0.2, 0.25) is 0 Å². The molecule has 0 aromatic heterocycles. The van der Waals surface area contributed by atoms with Crippen molar-refractivity contribution in [3.8, 4) is 11.5 Å². The number of nitrogens with one attached hydrogen (secondary N) is 1. The largest absolute Gasteiger partial charge is 0.493 e. The van der Waals surface area contributed by atoms with Gasteiger partial charge in [0.15, 0.2) is 11.5 Å². The quantitative estimate of drug-likeness (QED) is 0.764. The predicted molar refractivity (Wildman–Crippen MR) is 103 cm³/mol. The Bertz CT molecular complexity index is 892. The first-order valence-corrected chi connectivity index (χ1v) is 10.4. The standard InChI is InChI=1S/C19H22ClNO4S/c1-13-7-9-16(12-17(13)20)26(22,23)21-14-8-10-18(24-2)19(11-14)25-15-5-3-4-6-15/h7-12,15,21H,3-6H2,1-2H3. The van der Waals surface area contributed by atoms with Crippen LogP contribution in [0.2, 0.25) is 5.02 Å². The van der Waals surface area contributed by atoms with E-state index in [0.29, 0.717) is 22.2 Å². The van der Waals surface area contributed by atoms with Crippen molar-refractivity contribution in [2.24, 2.45) is 0 Å². The molecule has 7 heteroatoms. The van der Waals surface area contributed by atoms with E-state index in [1.54, 1.807) is 31.4 Å². The van der Waals surface area contributed by atoms with Crippen molar-refractivity contribution in [3.05, 3.63) is 47.0 Å². The summed E-state index contributed by atoms with van der Waals surface area (Å²) in [4.78, 5) is 0.113. The second kappa shape index (κ2) is 7.76. The average Bonchev–Trinajstić information content (AvgIpc) is 3.10. The number of benzene rings is 2. The van der Waals surface area contributed by atoms with Gasteiger partial charge >= 0.3 is 0 Å². The average molecular weight is 396 g/mol. The van der Waals surface area contributed by atoms with Gasteiger partial charge in [0.25, 0.3) is 10.0 Å². The van der Waals surface area contributed by atoms with Crippen molar-refractivity contribution < 1.29 is 17.9 Å². The zero-order valence-electron chi connectivity index (χ0n) is 14.8. The molecule has 0 spiro atoms. The molecule has 0 atom stereocenters. The Labute approximate surface area is 159 Å². The fourth-order valence-corrected chi connectivity index (χ4v) is 4.29. The second-order valence-corrected chi connectivity index (χ2v) is 8.50. The summed E-state index contributed by atoms with van der Waals surface area (Å²) in [7, 11) is -2.18. The molecule has 1 aliphatic carbocycles. The molecule has 0 amide bonds. The summed E-state index contributed by atoms with van der Waals surface area (Å²) in [5.41, 5.74) is 1.23. The summed E-state index contributed by atoms with van der Waals surface area (Å²) < 4.78 is 39.2. The van der Waals surface area contributed by atoms with Gasteiger partial charge < -0.3 is 9.47 Å². The highest BCUT2D eigenvalue weighted by Gasteiger charge is 2.20. The number of rotatable bonds is 6. The molecular formula is C19H22ClNO4S. The number of hydrogen-bond donors (Lipinski definition) is 1. The number of sulfonamides is 1. The number of hydrogen-bond acceptors (Lipinski definition) is 4. The SMILES string of the molecule is COc1ccc(NS(=O)(=O)c2ccc(C)c(Cl)c2)cc1OC1CCCC1. The van der Waals surface area contributed by atoms with Crippen molar-refractivity contribution in [1.29, 1.82) is 0 Å². The van der Waals surface area contributed by atoms with E-state index in [0.717, 1.165) is 31.2 Å². The van der Waals surface area contributed by atoms with Gasteiger partial charge in [0.1, 0.15) is 0 Å². The predicted octanol–water partition coefficient (Wildman–Crippen LogP) is 4.78. The Morgan fingerprint density at radius 3 is 2.46 bits per heavy atom. The lowest BCUT2D eigenvalue weighted by molar-refractivity contribution is 0.201. The van der Waals surface area contributed by atoms with Crippen LogP contribution in [0.5, 0.6) is 11.5 Å². The molecule has 0 bridgehead atoms. The van der Waals surface area contributed by atoms with Gasteiger partial charge in [-0.25, -0.2) is 8.42 Å². The lowest BCUT2D eigenvalue weighted by Crippen LogP contribution is -2.14. The summed E-state index contributed by atoms with van der Waals surface area (Å²) in [6.45, 7) is 1.82. The fraction of sp³-hybridized carbons (Fsp3) is 0.368. The Hall–Kier alpha value is -1.92. The van der Waals surface area contributed by atoms with Crippen LogP contribution in [0.3, 0.4) is 0 Å². The zero-order chi connectivity index (χ0) is 18.7. The van der Waals surface area contributed by atoms with Crippen LogP contribution in [-0.2, 0) is 10.0 Å². The van der Waals surface area contributed by atoms with Crippen LogP contribution in [-0.4, -0.2) is 21.6 Å². The molecule has 0 saturated heterocycles. The van der Waals surface area contributed by atoms with Crippen LogP contribution in [0.1, 0.15) is 31.2 Å². The first kappa shape index (κ1) is 18.9. The molecule has 26 heavy (non-hydrogen) atoms. The lowest BCUT2D eigenvalue weighted by Gasteiger charge is -2.17. The minimum Gasteiger partial charge on any atom is -0.493 e. The lowest BCUT2D eigenvalue weighted by atomic mass is 10.2. The van der Waals surface area contributed by atoms with Gasteiger partial charge in [-0.3, -0.25) is 4.72 Å². The van der Waals surface area contributed by atoms with Gasteiger partial charge in [0, 0.05) is 11.1 Å². The highest BCUT2D eigenvalue weighted by molar-refractivity contribution is 7.92. The molecule has 3 rings (SSSR count). The second-order valence-electron chi connectivity index (χ2n) is 6.41. The molecule has 2 aromatic carbocycles. The Morgan fingerprint density at radius 1 is 1.08 bits per heavy atom. The van der Waals surface area contributed by atoms with Gasteiger partial charge in [-0.05, 0) is 62.4 Å². The number of methoxy groups -OCH3 is 1. The van der Waals surface area contributed by atoms with Gasteiger partial charge in [-0.2, -0.15) is 0 Å². The molecule has 1 N–H and O–H groups in total. The van der Waals surface area contributed by atoms with Crippen molar-refractivity contribution in [3.63, 3.8) is 0 Å². The van der Waals surface area contributed by atoms with E-state index in [1.807, 2.05) is 6.92 Å². The number of aryl methyl sites for hydroxylation is 1. The van der Waals surface area contributed by atoms with E-state index in [4.69, 9.17) is 21.1 Å². The minimum absolute atomic E-state index is 0.113. The van der Waals surface area contributed by atoms with Crippen LogP contribution in [0, 0.1) is 6.92 Å². The Kier molecular flexibility index (Phi) is 5.63. The van der Waals surface area contributed by atoms with E-state index in [2.05, 4.69) is 4.72 Å². The maximum absolute atomic E-state index is 12.6. The third-order valence-electron chi connectivity index (χ3n) is 4.47. The molecule has 0 heterocycles. The molecule has 140 valence electrons. The zero-order valence-corrected chi connectivity index (χ0v) is 16.4. The summed E-state index contributed by atoms with van der Waals surface area (Å²) in [6, 6.07) is 9.66. The highest BCUT2D eigenvalue weighted by Crippen LogP contribution is 2.34. The minimum atomic E-state index is -3.75. The Morgan fingerprint density at radius 2 is 1.81 bits per heavy atom. The van der Waals surface area contributed by atoms with Gasteiger partial charge in [-0.15, -0.1) is 0 Å². The molecule has 1 aliphatic rings. The summed E-state index contributed by atoms with van der Waals surface area (Å²) >= 11 is 6.05. The molecule has 2 aromatic rings. The van der Waals surface area contributed by atoms with Crippen molar-refractivity contribution in [2.45, 2.75) is 43.6 Å². The molecular weight excluding hydrogens is 374 g/mol. The van der Waals surface area contributed by atoms with E-state index < -0.39 is 10.0 Å². The summed E-state index contributed by atoms with van der Waals surface area (Å²) in [5.74, 6) is 1.12. The fourth-order valence-electron chi connectivity index (χ4n) is 2.97. The van der Waals surface area contributed by atoms with Crippen LogP contribution in [0.15, 0.2) is 41.3 Å². The van der Waals surface area contributed by atoms with Crippen LogP contribution < -0.4 is 14.2 Å². The first-order valence-electron chi connectivity index (χ1n) is 8.53. The number of anilines is 1. The van der Waals surface area contributed by atoms with Crippen molar-refractivity contribution in [1.82, 2.24) is 0 Å². The van der Waals surface area contributed by atoms with Crippen molar-refractivity contribution in [2.75, 3.05) is 11.8 Å². The van der Waals surface area contributed by atoms with Crippen molar-refractivity contribution >= 4 is 27.3 Å². The third kappa shape index (κ3) is 4.24. The van der Waals surface area contributed by atoms with Crippen LogP contribution >= 0.6 is 11.6 Å². The van der Waals surface area contributed by atoms with Crippen LogP contribution in [0.25, 0.3) is 0 Å². The third-order valence-corrected chi connectivity index (χ3v) is 6.25. The highest BCUT2D eigenvalue weighted by atomic mass is 35.5. The number of halogens is 1. The topological polar surface area (TPSA) is 64.6 Å². The molecule has 5 nitrogen and oxygen atoms in total. The molecule has 1 fully saturated rings. The Balaban J connectivity index is 1.85. The van der Waals surface area contributed by atoms with E-state index >= 15 is 0 Å². The maximum atomic E-state index is 12.6. The van der Waals surface area contributed by atoms with E-state index in [-0.39, 0.29) is 11.0 Å². The van der Waals surface area contributed by atoms with E-state index in [9.17, 15) is 8.42 Å². The monoisotopic (exact) mass is 395 g/mol. The number of ether oxygens (including phenoxy) is 2. The summed E-state index contributed by atoms with van der Waals surface area (Å²) in [5, 5.41) is 0.410. The van der Waals surface area contributed by atoms with Gasteiger partial charge in [-0.1, -0.05) is 17.7 Å². The molecule has 0 unspecified atom stereocenters.